The SMILES string of the molecule is CCN1CCC(CNC(=O)c2cc(Br)ccc2C)CC1. The van der Waals surface area contributed by atoms with E-state index in [4.69, 9.17) is 0 Å². The maximum atomic E-state index is 12.2. The highest BCUT2D eigenvalue weighted by Crippen LogP contribution is 2.18. The van der Waals surface area contributed by atoms with Crippen molar-refractivity contribution in [3.05, 3.63) is 33.8 Å². The zero-order valence-corrected chi connectivity index (χ0v) is 13.9. The molecule has 3 nitrogen and oxygen atoms in total. The minimum Gasteiger partial charge on any atom is -0.352 e. The highest BCUT2D eigenvalue weighted by Gasteiger charge is 2.19. The van der Waals surface area contributed by atoms with Crippen molar-refractivity contribution in [3.8, 4) is 0 Å². The first kappa shape index (κ1) is 15.5. The predicted octanol–water partition coefficient (Wildman–Crippen LogP) is 3.22. The van der Waals surface area contributed by atoms with Gasteiger partial charge in [-0.3, -0.25) is 4.79 Å². The number of nitrogens with zero attached hydrogens (tertiary/aromatic N) is 1. The number of benzene rings is 1. The van der Waals surface area contributed by atoms with E-state index in [-0.39, 0.29) is 5.91 Å². The molecule has 0 radical (unpaired) electrons. The van der Waals surface area contributed by atoms with Crippen molar-refractivity contribution in [2.24, 2.45) is 5.92 Å². The second-order valence-corrected chi connectivity index (χ2v) is 6.46. The van der Waals surface area contributed by atoms with Crippen molar-refractivity contribution in [1.82, 2.24) is 10.2 Å². The van der Waals surface area contributed by atoms with E-state index in [0.717, 1.165) is 41.8 Å². The molecule has 4 heteroatoms. The molecule has 20 heavy (non-hydrogen) atoms. The molecule has 1 saturated heterocycles. The molecule has 0 spiro atoms. The van der Waals surface area contributed by atoms with Crippen molar-refractivity contribution in [2.75, 3.05) is 26.2 Å². The number of carbonyl (C=O) groups excluding carboxylic acids is 1. The summed E-state index contributed by atoms with van der Waals surface area (Å²) in [6, 6.07) is 5.83. The lowest BCUT2D eigenvalue weighted by atomic mass is 9.96. The van der Waals surface area contributed by atoms with Gasteiger partial charge in [0.15, 0.2) is 0 Å². The van der Waals surface area contributed by atoms with Crippen molar-refractivity contribution < 1.29 is 4.79 Å². The lowest BCUT2D eigenvalue weighted by Gasteiger charge is -2.31. The lowest BCUT2D eigenvalue weighted by Crippen LogP contribution is -2.38. The Morgan fingerprint density at radius 3 is 2.75 bits per heavy atom. The first-order chi connectivity index (χ1) is 9.60. The molecule has 1 aliphatic rings. The fraction of sp³-hybridized carbons (Fsp3) is 0.562. The van der Waals surface area contributed by atoms with Gasteiger partial charge in [0.25, 0.3) is 5.91 Å². The van der Waals surface area contributed by atoms with E-state index in [2.05, 4.69) is 33.1 Å². The van der Waals surface area contributed by atoms with Gasteiger partial charge in [-0.15, -0.1) is 0 Å². The van der Waals surface area contributed by atoms with Crippen molar-refractivity contribution in [1.29, 1.82) is 0 Å². The molecule has 1 heterocycles. The third-order valence-electron chi connectivity index (χ3n) is 4.15. The van der Waals surface area contributed by atoms with Crippen LogP contribution in [-0.4, -0.2) is 37.0 Å². The number of halogens is 1. The van der Waals surface area contributed by atoms with E-state index in [1.54, 1.807) is 0 Å². The molecule has 110 valence electrons. The van der Waals surface area contributed by atoms with Gasteiger partial charge in [0.05, 0.1) is 0 Å². The van der Waals surface area contributed by atoms with Crippen LogP contribution in [0.1, 0.15) is 35.7 Å². The van der Waals surface area contributed by atoms with Gasteiger partial charge in [-0.2, -0.15) is 0 Å². The van der Waals surface area contributed by atoms with Crippen LogP contribution in [0.25, 0.3) is 0 Å². The molecule has 0 bridgehead atoms. The quantitative estimate of drug-likeness (QED) is 0.914. The summed E-state index contributed by atoms with van der Waals surface area (Å²) >= 11 is 3.42. The molecule has 1 aromatic rings. The molecule has 2 rings (SSSR count). The van der Waals surface area contributed by atoms with E-state index in [1.165, 1.54) is 12.8 Å². The number of likely N-dealkylation sites (tertiary alicyclic amines) is 1. The van der Waals surface area contributed by atoms with Crippen LogP contribution in [0, 0.1) is 12.8 Å². The van der Waals surface area contributed by atoms with Crippen molar-refractivity contribution in [3.63, 3.8) is 0 Å². The highest BCUT2D eigenvalue weighted by molar-refractivity contribution is 9.10. The largest absolute Gasteiger partial charge is 0.352 e. The number of aryl methyl sites for hydroxylation is 1. The fourth-order valence-corrected chi connectivity index (χ4v) is 3.04. The van der Waals surface area contributed by atoms with Gasteiger partial charge in [0, 0.05) is 16.6 Å². The Balaban J connectivity index is 1.85. The van der Waals surface area contributed by atoms with E-state index in [9.17, 15) is 4.79 Å². The molecule has 0 saturated carbocycles. The third-order valence-corrected chi connectivity index (χ3v) is 4.64. The normalized spacial score (nSPS) is 17.1. The predicted molar refractivity (Wildman–Crippen MR) is 86.1 cm³/mol. The molecule has 0 aromatic heterocycles. The van der Waals surface area contributed by atoms with Crippen LogP contribution in [0.4, 0.5) is 0 Å². The Morgan fingerprint density at radius 2 is 2.10 bits per heavy atom. The van der Waals surface area contributed by atoms with Gasteiger partial charge in [-0.1, -0.05) is 28.9 Å². The zero-order chi connectivity index (χ0) is 14.5. The van der Waals surface area contributed by atoms with Gasteiger partial charge < -0.3 is 10.2 Å². The molecule has 0 aliphatic carbocycles. The monoisotopic (exact) mass is 338 g/mol. The number of nitrogens with one attached hydrogen (secondary N) is 1. The first-order valence-corrected chi connectivity index (χ1v) is 8.16. The molecule has 0 unspecified atom stereocenters. The Hall–Kier alpha value is -0.870. The van der Waals surface area contributed by atoms with Crippen LogP contribution in [-0.2, 0) is 0 Å². The maximum Gasteiger partial charge on any atom is 0.251 e. The van der Waals surface area contributed by atoms with Crippen molar-refractivity contribution in [2.45, 2.75) is 26.7 Å². The highest BCUT2D eigenvalue weighted by atomic mass is 79.9. The Morgan fingerprint density at radius 1 is 1.40 bits per heavy atom. The van der Waals surface area contributed by atoms with Gasteiger partial charge in [-0.25, -0.2) is 0 Å². The topological polar surface area (TPSA) is 32.3 Å². The molecule has 0 atom stereocenters. The van der Waals surface area contributed by atoms with E-state index in [1.807, 2.05) is 25.1 Å². The van der Waals surface area contributed by atoms with Crippen LogP contribution in [0.2, 0.25) is 0 Å². The minimum absolute atomic E-state index is 0.0433. The number of hydrogen-bond donors (Lipinski definition) is 1. The Kier molecular flexibility index (Phi) is 5.61. The molecule has 1 N–H and O–H groups in total. The van der Waals surface area contributed by atoms with E-state index < -0.39 is 0 Å². The van der Waals surface area contributed by atoms with Crippen molar-refractivity contribution >= 4 is 21.8 Å². The van der Waals surface area contributed by atoms with Gasteiger partial charge >= 0.3 is 0 Å². The number of amides is 1. The summed E-state index contributed by atoms with van der Waals surface area (Å²) in [6.45, 7) is 8.43. The second-order valence-electron chi connectivity index (χ2n) is 5.55. The van der Waals surface area contributed by atoms with Gasteiger partial charge in [0.1, 0.15) is 0 Å². The van der Waals surface area contributed by atoms with E-state index >= 15 is 0 Å². The number of hydrogen-bond acceptors (Lipinski definition) is 2. The first-order valence-electron chi connectivity index (χ1n) is 7.37. The number of rotatable bonds is 4. The molecular formula is C16H23BrN2O. The number of piperidine rings is 1. The smallest absolute Gasteiger partial charge is 0.251 e. The van der Waals surface area contributed by atoms with Gasteiger partial charge in [0.2, 0.25) is 0 Å². The third kappa shape index (κ3) is 4.06. The van der Waals surface area contributed by atoms with Crippen LogP contribution in [0.5, 0.6) is 0 Å². The molecule has 1 fully saturated rings. The summed E-state index contributed by atoms with van der Waals surface area (Å²) in [5.41, 5.74) is 1.79. The van der Waals surface area contributed by atoms with Gasteiger partial charge in [-0.05, 0) is 63.0 Å². The summed E-state index contributed by atoms with van der Waals surface area (Å²) in [7, 11) is 0. The average molecular weight is 339 g/mol. The van der Waals surface area contributed by atoms with E-state index in [0.29, 0.717) is 5.92 Å². The Bertz CT molecular complexity index is 468. The fourth-order valence-electron chi connectivity index (χ4n) is 2.68. The van der Waals surface area contributed by atoms with Crippen LogP contribution in [0.15, 0.2) is 22.7 Å². The molecule has 1 aromatic carbocycles. The summed E-state index contributed by atoms with van der Waals surface area (Å²) in [5.74, 6) is 0.663. The molecular weight excluding hydrogens is 316 g/mol. The van der Waals surface area contributed by atoms with Crippen LogP contribution in [0.3, 0.4) is 0 Å². The van der Waals surface area contributed by atoms with Crippen LogP contribution < -0.4 is 5.32 Å². The lowest BCUT2D eigenvalue weighted by molar-refractivity contribution is 0.0936. The molecule has 1 amide bonds. The van der Waals surface area contributed by atoms with Crippen LogP contribution >= 0.6 is 15.9 Å². The summed E-state index contributed by atoms with van der Waals surface area (Å²) in [5, 5.41) is 3.09. The Labute approximate surface area is 129 Å². The molecule has 1 aliphatic heterocycles. The second kappa shape index (κ2) is 7.23. The average Bonchev–Trinajstić information content (AvgIpc) is 2.47. The summed E-state index contributed by atoms with van der Waals surface area (Å²) in [6.07, 6.45) is 2.37. The minimum atomic E-state index is 0.0433. The standard InChI is InChI=1S/C16H23BrN2O/c1-3-19-8-6-13(7-9-19)11-18-16(20)15-10-14(17)5-4-12(15)2/h4-5,10,13H,3,6-9,11H2,1-2H3,(H,18,20). The summed E-state index contributed by atoms with van der Waals surface area (Å²) in [4.78, 5) is 14.7. The summed E-state index contributed by atoms with van der Waals surface area (Å²) < 4.78 is 0.949. The maximum absolute atomic E-state index is 12.2. The number of carbonyl (C=O) groups is 1. The zero-order valence-electron chi connectivity index (χ0n) is 12.3.